The highest BCUT2D eigenvalue weighted by molar-refractivity contribution is 6.32. The third kappa shape index (κ3) is 5.89. The van der Waals surface area contributed by atoms with Gasteiger partial charge in [-0.2, -0.15) is 0 Å². The third-order valence-corrected chi connectivity index (χ3v) is 4.89. The van der Waals surface area contributed by atoms with Crippen LogP contribution in [0.15, 0.2) is 66.7 Å². The van der Waals surface area contributed by atoms with Gasteiger partial charge in [-0.15, -0.1) is 0 Å². The summed E-state index contributed by atoms with van der Waals surface area (Å²) in [6.45, 7) is 1.95. The molecule has 0 saturated carbocycles. The molecule has 29 heavy (non-hydrogen) atoms. The number of hydrogen-bond acceptors (Lipinski definition) is 4. The van der Waals surface area contributed by atoms with Gasteiger partial charge < -0.3 is 19.5 Å². The van der Waals surface area contributed by atoms with E-state index in [1.807, 2.05) is 60.7 Å². The summed E-state index contributed by atoms with van der Waals surface area (Å²) in [6, 6.07) is 21.9. The molecule has 3 aromatic carbocycles. The molecule has 3 aromatic rings. The zero-order valence-corrected chi connectivity index (χ0v) is 17.5. The van der Waals surface area contributed by atoms with Crippen LogP contribution in [0.2, 0.25) is 5.02 Å². The van der Waals surface area contributed by atoms with Crippen LogP contribution in [0, 0.1) is 0 Å². The van der Waals surface area contributed by atoms with Crippen LogP contribution in [-0.4, -0.2) is 20.8 Å². The molecule has 0 bridgehead atoms. The number of rotatable bonds is 10. The zero-order chi connectivity index (χ0) is 20.5. The van der Waals surface area contributed by atoms with Gasteiger partial charge in [-0.1, -0.05) is 60.1 Å². The number of nitrogens with one attached hydrogen (secondary N) is 1. The van der Waals surface area contributed by atoms with E-state index < -0.39 is 0 Å². The molecule has 152 valence electrons. The number of halogens is 1. The van der Waals surface area contributed by atoms with E-state index in [4.69, 9.17) is 25.8 Å². The topological polar surface area (TPSA) is 39.7 Å². The van der Waals surface area contributed by atoms with Gasteiger partial charge in [0.2, 0.25) is 0 Å². The maximum absolute atomic E-state index is 6.48. The van der Waals surface area contributed by atoms with Crippen molar-refractivity contribution in [2.45, 2.75) is 19.6 Å². The predicted molar refractivity (Wildman–Crippen MR) is 117 cm³/mol. The van der Waals surface area contributed by atoms with Crippen LogP contribution in [0.3, 0.4) is 0 Å². The van der Waals surface area contributed by atoms with Gasteiger partial charge in [0.25, 0.3) is 0 Å². The van der Waals surface area contributed by atoms with Gasteiger partial charge in [-0.05, 0) is 47.9 Å². The van der Waals surface area contributed by atoms with Crippen molar-refractivity contribution < 1.29 is 14.2 Å². The molecule has 0 amide bonds. The first-order valence-corrected chi connectivity index (χ1v) is 9.94. The molecule has 0 aliphatic heterocycles. The van der Waals surface area contributed by atoms with Crippen LogP contribution in [-0.2, 0) is 19.6 Å². The van der Waals surface area contributed by atoms with Gasteiger partial charge in [0.15, 0.2) is 11.5 Å². The molecule has 4 nitrogen and oxygen atoms in total. The fraction of sp³-hybridized carbons (Fsp3) is 0.250. The zero-order valence-electron chi connectivity index (χ0n) is 16.8. The Balaban J connectivity index is 1.58. The van der Waals surface area contributed by atoms with Crippen LogP contribution in [0.5, 0.6) is 17.2 Å². The van der Waals surface area contributed by atoms with Crippen molar-refractivity contribution in [1.82, 2.24) is 5.32 Å². The Morgan fingerprint density at radius 3 is 2.31 bits per heavy atom. The molecule has 5 heteroatoms. The summed E-state index contributed by atoms with van der Waals surface area (Å²) in [6.07, 6.45) is 0.882. The van der Waals surface area contributed by atoms with Crippen molar-refractivity contribution in [3.63, 3.8) is 0 Å². The molecule has 3 rings (SSSR count). The van der Waals surface area contributed by atoms with Gasteiger partial charge in [-0.25, -0.2) is 0 Å². The average molecular weight is 412 g/mol. The van der Waals surface area contributed by atoms with E-state index in [9.17, 15) is 0 Å². The van der Waals surface area contributed by atoms with E-state index in [2.05, 4.69) is 11.4 Å². The fourth-order valence-corrected chi connectivity index (χ4v) is 3.40. The molecule has 0 spiro atoms. The molecule has 0 radical (unpaired) electrons. The van der Waals surface area contributed by atoms with Crippen molar-refractivity contribution in [1.29, 1.82) is 0 Å². The second kappa shape index (κ2) is 10.7. The Morgan fingerprint density at radius 1 is 0.828 bits per heavy atom. The molecule has 0 aromatic heterocycles. The van der Waals surface area contributed by atoms with E-state index >= 15 is 0 Å². The number of ether oxygens (including phenoxy) is 3. The van der Waals surface area contributed by atoms with E-state index in [-0.39, 0.29) is 0 Å². The standard InChI is InChI=1S/C24H26ClNO3/c1-27-22-11-7-6-10-20(22)12-13-26-16-19-14-21(25)24(23(15-19)28-2)29-17-18-8-4-3-5-9-18/h3-11,14-15,26H,12-13,16-17H2,1-2H3. The van der Waals surface area contributed by atoms with E-state index in [1.165, 1.54) is 5.56 Å². The molecule has 0 fully saturated rings. The normalized spacial score (nSPS) is 10.6. The molecular formula is C24H26ClNO3. The Kier molecular flexibility index (Phi) is 7.79. The smallest absolute Gasteiger partial charge is 0.180 e. The summed E-state index contributed by atoms with van der Waals surface area (Å²) >= 11 is 6.48. The minimum Gasteiger partial charge on any atom is -0.496 e. The maximum atomic E-state index is 6.48. The lowest BCUT2D eigenvalue weighted by Gasteiger charge is -2.15. The molecule has 0 aliphatic carbocycles. The molecule has 0 saturated heterocycles. The molecule has 0 unspecified atom stereocenters. The third-order valence-electron chi connectivity index (χ3n) is 4.61. The minimum absolute atomic E-state index is 0.438. The summed E-state index contributed by atoms with van der Waals surface area (Å²) in [5.74, 6) is 2.12. The molecule has 0 atom stereocenters. The largest absolute Gasteiger partial charge is 0.496 e. The van der Waals surface area contributed by atoms with Crippen LogP contribution in [0.4, 0.5) is 0 Å². The van der Waals surface area contributed by atoms with Gasteiger partial charge in [0.1, 0.15) is 12.4 Å². The van der Waals surface area contributed by atoms with E-state index in [1.54, 1.807) is 14.2 Å². The number of para-hydroxylation sites is 1. The van der Waals surface area contributed by atoms with Gasteiger partial charge in [0, 0.05) is 6.54 Å². The summed E-state index contributed by atoms with van der Waals surface area (Å²) in [7, 11) is 3.32. The molecule has 0 aliphatic rings. The second-order valence-electron chi connectivity index (χ2n) is 6.62. The lowest BCUT2D eigenvalue weighted by atomic mass is 10.1. The predicted octanol–water partition coefficient (Wildman–Crippen LogP) is 5.27. The highest BCUT2D eigenvalue weighted by atomic mass is 35.5. The highest BCUT2D eigenvalue weighted by Gasteiger charge is 2.12. The Morgan fingerprint density at radius 2 is 1.55 bits per heavy atom. The lowest BCUT2D eigenvalue weighted by Crippen LogP contribution is -2.17. The Bertz CT molecular complexity index is 915. The number of methoxy groups -OCH3 is 2. The first kappa shape index (κ1) is 21.0. The van der Waals surface area contributed by atoms with Crippen LogP contribution in [0.25, 0.3) is 0 Å². The van der Waals surface area contributed by atoms with Gasteiger partial charge in [-0.3, -0.25) is 0 Å². The van der Waals surface area contributed by atoms with Gasteiger partial charge in [0.05, 0.1) is 19.2 Å². The first-order chi connectivity index (χ1) is 14.2. The average Bonchev–Trinajstić information content (AvgIpc) is 2.76. The Labute approximate surface area is 177 Å². The van der Waals surface area contributed by atoms with Crippen molar-refractivity contribution in [2.75, 3.05) is 20.8 Å². The quantitative estimate of drug-likeness (QED) is 0.461. The van der Waals surface area contributed by atoms with Crippen LogP contribution < -0.4 is 19.5 Å². The number of benzene rings is 3. The fourth-order valence-electron chi connectivity index (χ4n) is 3.11. The van der Waals surface area contributed by atoms with Gasteiger partial charge >= 0.3 is 0 Å². The molecular weight excluding hydrogens is 386 g/mol. The van der Waals surface area contributed by atoms with Crippen molar-refractivity contribution in [3.8, 4) is 17.2 Å². The van der Waals surface area contributed by atoms with Crippen molar-refractivity contribution in [2.24, 2.45) is 0 Å². The summed E-state index contributed by atoms with van der Waals surface area (Å²) < 4.78 is 16.8. The van der Waals surface area contributed by atoms with E-state index in [0.717, 1.165) is 29.8 Å². The SMILES string of the molecule is COc1ccccc1CCNCc1cc(Cl)c(OCc2ccccc2)c(OC)c1. The molecule has 0 heterocycles. The maximum Gasteiger partial charge on any atom is 0.180 e. The first-order valence-electron chi connectivity index (χ1n) is 9.57. The number of hydrogen-bond donors (Lipinski definition) is 1. The van der Waals surface area contributed by atoms with E-state index in [0.29, 0.717) is 29.7 Å². The summed E-state index contributed by atoms with van der Waals surface area (Å²) in [5, 5.41) is 3.99. The van der Waals surface area contributed by atoms with Crippen molar-refractivity contribution >= 4 is 11.6 Å². The Hall–Kier alpha value is -2.69. The van der Waals surface area contributed by atoms with Crippen LogP contribution in [0.1, 0.15) is 16.7 Å². The minimum atomic E-state index is 0.438. The monoisotopic (exact) mass is 411 g/mol. The molecule has 1 N–H and O–H groups in total. The second-order valence-corrected chi connectivity index (χ2v) is 7.03. The highest BCUT2D eigenvalue weighted by Crippen LogP contribution is 2.37. The lowest BCUT2D eigenvalue weighted by molar-refractivity contribution is 0.284. The van der Waals surface area contributed by atoms with Crippen molar-refractivity contribution in [3.05, 3.63) is 88.4 Å². The summed E-state index contributed by atoms with van der Waals surface area (Å²) in [5.41, 5.74) is 3.30. The summed E-state index contributed by atoms with van der Waals surface area (Å²) in [4.78, 5) is 0. The van der Waals surface area contributed by atoms with Crippen LogP contribution >= 0.6 is 11.6 Å².